The van der Waals surface area contributed by atoms with Gasteiger partial charge in [0.15, 0.2) is 0 Å². The van der Waals surface area contributed by atoms with Gasteiger partial charge in [-0.1, -0.05) is 29.3 Å². The number of rotatable bonds is 11. The van der Waals surface area contributed by atoms with Crippen molar-refractivity contribution < 1.29 is 24.2 Å². The lowest BCUT2D eigenvalue weighted by Gasteiger charge is -2.35. The number of benzene rings is 3. The van der Waals surface area contributed by atoms with Crippen LogP contribution in [0.1, 0.15) is 86.6 Å². The van der Waals surface area contributed by atoms with Crippen LogP contribution in [0.15, 0.2) is 60.8 Å². The molecule has 0 spiro atoms. The number of amides is 2. The number of hydrogen-bond donors (Lipinski definition) is 1. The molecule has 3 aromatic carbocycles. The maximum absolute atomic E-state index is 15.7. The van der Waals surface area contributed by atoms with Gasteiger partial charge in [-0.15, -0.1) is 0 Å². The van der Waals surface area contributed by atoms with Crippen molar-refractivity contribution in [3.05, 3.63) is 122 Å². The average Bonchev–Trinajstić information content (AvgIpc) is 3.90. The van der Waals surface area contributed by atoms with E-state index < -0.39 is 5.97 Å². The van der Waals surface area contributed by atoms with Gasteiger partial charge in [-0.05, 0) is 125 Å². The molecule has 2 amide bonds. The molecule has 2 aliphatic rings. The van der Waals surface area contributed by atoms with Gasteiger partial charge in [-0.25, -0.2) is 4.79 Å². The Bertz CT molecular complexity index is 3100. The van der Waals surface area contributed by atoms with Crippen LogP contribution in [0.3, 0.4) is 0 Å². The number of aromatic carboxylic acids is 1. The summed E-state index contributed by atoms with van der Waals surface area (Å²) in [7, 11) is 1.92. The van der Waals surface area contributed by atoms with Gasteiger partial charge in [0.1, 0.15) is 17.1 Å². The van der Waals surface area contributed by atoms with E-state index in [2.05, 4.69) is 16.4 Å². The molecule has 1 fully saturated rings. The fourth-order valence-corrected chi connectivity index (χ4v) is 10.6. The highest BCUT2D eigenvalue weighted by Gasteiger charge is 2.38. The van der Waals surface area contributed by atoms with E-state index >= 15 is 4.79 Å². The number of pyridine rings is 1. The summed E-state index contributed by atoms with van der Waals surface area (Å²) in [6.07, 6.45) is 2.90. The monoisotopic (exact) mass is 928 g/mol. The Labute approximate surface area is 394 Å². The number of carboxylic acid groups (broad SMARTS) is 1. The molecule has 1 saturated heterocycles. The number of carbonyl (C=O) groups excluding carboxylic acids is 2. The van der Waals surface area contributed by atoms with Crippen molar-refractivity contribution in [2.24, 2.45) is 7.05 Å². The van der Waals surface area contributed by atoms with E-state index in [4.69, 9.17) is 38.0 Å². The topological polar surface area (TPSA) is 131 Å². The van der Waals surface area contributed by atoms with Gasteiger partial charge in [0.25, 0.3) is 5.91 Å². The molecule has 7 aromatic rings. The highest BCUT2D eigenvalue weighted by Crippen LogP contribution is 2.46. The number of aromatic nitrogens is 5. The molecule has 4 aromatic heterocycles. The van der Waals surface area contributed by atoms with Crippen molar-refractivity contribution in [2.45, 2.75) is 73.9 Å². The van der Waals surface area contributed by atoms with Gasteiger partial charge in [-0.2, -0.15) is 5.10 Å². The van der Waals surface area contributed by atoms with Crippen molar-refractivity contribution >= 4 is 74.2 Å². The maximum atomic E-state index is 15.7. The number of anilines is 2. The summed E-state index contributed by atoms with van der Waals surface area (Å²) in [5.74, 6) is -0.465. The fourth-order valence-electron chi connectivity index (χ4n) is 10.2. The van der Waals surface area contributed by atoms with E-state index in [9.17, 15) is 14.7 Å². The number of piperazine rings is 1. The van der Waals surface area contributed by atoms with Gasteiger partial charge in [0.05, 0.1) is 46.3 Å². The molecule has 66 heavy (non-hydrogen) atoms. The maximum Gasteiger partial charge on any atom is 0.352 e. The van der Waals surface area contributed by atoms with E-state index in [1.54, 1.807) is 23.8 Å². The molecule has 1 N–H and O–H groups in total. The lowest BCUT2D eigenvalue weighted by atomic mass is 9.98. The number of aryl methyl sites for hydroxylation is 6. The summed E-state index contributed by atoms with van der Waals surface area (Å²) >= 11 is 13.7. The average molecular weight is 930 g/mol. The Balaban J connectivity index is 1.15. The summed E-state index contributed by atoms with van der Waals surface area (Å²) in [5, 5.41) is 18.4. The highest BCUT2D eigenvalue weighted by molar-refractivity contribution is 6.35. The Morgan fingerprint density at radius 3 is 2.30 bits per heavy atom. The first kappa shape index (κ1) is 44.9. The van der Waals surface area contributed by atoms with Crippen molar-refractivity contribution in [3.63, 3.8) is 0 Å². The zero-order chi connectivity index (χ0) is 46.9. The fraction of sp³-hybridized carbons (Fsp3) is 0.353. The summed E-state index contributed by atoms with van der Waals surface area (Å²) < 4.78 is 12.1. The quantitative estimate of drug-likeness (QED) is 0.127. The van der Waals surface area contributed by atoms with Crippen molar-refractivity contribution in [3.8, 4) is 16.9 Å². The van der Waals surface area contributed by atoms with Crippen LogP contribution in [0, 0.1) is 34.6 Å². The van der Waals surface area contributed by atoms with Crippen LogP contribution < -0.4 is 14.5 Å². The number of carboxylic acids is 1. The second-order valence-corrected chi connectivity index (χ2v) is 18.7. The Morgan fingerprint density at radius 1 is 0.909 bits per heavy atom. The first-order valence-corrected chi connectivity index (χ1v) is 23.2. The molecule has 0 bridgehead atoms. The van der Waals surface area contributed by atoms with Gasteiger partial charge in [0.2, 0.25) is 5.91 Å². The van der Waals surface area contributed by atoms with Crippen LogP contribution >= 0.6 is 23.2 Å². The molecule has 15 heteroatoms. The summed E-state index contributed by atoms with van der Waals surface area (Å²) in [5.41, 5.74) is 11.7. The smallest absolute Gasteiger partial charge is 0.352 e. The lowest BCUT2D eigenvalue weighted by molar-refractivity contribution is -0.129. The van der Waals surface area contributed by atoms with Crippen LogP contribution in [0.4, 0.5) is 11.4 Å². The minimum absolute atomic E-state index is 0.0602. The van der Waals surface area contributed by atoms with Gasteiger partial charge in [0, 0.05) is 97.2 Å². The summed E-state index contributed by atoms with van der Waals surface area (Å²) in [6.45, 7) is 17.1. The summed E-state index contributed by atoms with van der Waals surface area (Å²) in [6, 6.07) is 17.2. The van der Waals surface area contributed by atoms with Gasteiger partial charge in [-0.3, -0.25) is 19.3 Å². The third-order valence-corrected chi connectivity index (χ3v) is 14.3. The number of ether oxygens (including phenoxy) is 1. The van der Waals surface area contributed by atoms with Gasteiger partial charge < -0.3 is 33.7 Å². The molecule has 9 rings (SSSR count). The highest BCUT2D eigenvalue weighted by atomic mass is 35.5. The minimum atomic E-state index is -1.08. The van der Waals surface area contributed by atoms with Crippen molar-refractivity contribution in [1.29, 1.82) is 0 Å². The van der Waals surface area contributed by atoms with Crippen LogP contribution in [0.2, 0.25) is 10.0 Å². The molecule has 13 nitrogen and oxygen atoms in total. The molecule has 1 unspecified atom stereocenters. The SMILES string of the molecule is CC(=O)N1CCN(c2ccnc(Cn3c(C(=O)O)cc4cc(C)cc(N5CC(C)n6c(c(CCCOc7cc(C)c(Cl)c(C)c7)c7ccc(Cl)c(-c8c(C)nn(C)c8C)c76)C5=O)c43)c2)CC1. The number of hydrogen-bond acceptors (Lipinski definition) is 7. The second-order valence-electron chi connectivity index (χ2n) is 17.9. The zero-order valence-electron chi connectivity index (χ0n) is 38.6. The van der Waals surface area contributed by atoms with E-state index in [-0.39, 0.29) is 30.1 Å². The Morgan fingerprint density at radius 2 is 1.64 bits per heavy atom. The normalized spacial score (nSPS) is 15.3. The third-order valence-electron chi connectivity index (χ3n) is 13.4. The molecule has 0 saturated carbocycles. The summed E-state index contributed by atoms with van der Waals surface area (Å²) in [4.78, 5) is 51.4. The molecule has 2 aliphatic heterocycles. The van der Waals surface area contributed by atoms with Crippen LogP contribution in [0.5, 0.6) is 5.75 Å². The number of carbonyl (C=O) groups is 3. The minimum Gasteiger partial charge on any atom is -0.494 e. The predicted molar refractivity (Wildman–Crippen MR) is 261 cm³/mol. The van der Waals surface area contributed by atoms with Crippen LogP contribution in [-0.2, 0) is 24.8 Å². The third kappa shape index (κ3) is 7.85. The molecule has 1 atom stereocenters. The van der Waals surface area contributed by atoms with Crippen LogP contribution in [0.25, 0.3) is 32.9 Å². The van der Waals surface area contributed by atoms with Crippen molar-refractivity contribution in [1.82, 2.24) is 28.8 Å². The van der Waals surface area contributed by atoms with Gasteiger partial charge >= 0.3 is 5.97 Å². The van der Waals surface area contributed by atoms with E-state index in [0.29, 0.717) is 85.2 Å². The van der Waals surface area contributed by atoms with Crippen LogP contribution in [-0.4, -0.2) is 91.0 Å². The number of fused-ring (bicyclic) bond motifs is 4. The molecule has 0 radical (unpaired) electrons. The second kappa shape index (κ2) is 17.5. The van der Waals surface area contributed by atoms with E-state index in [1.165, 1.54) is 0 Å². The number of halogens is 2. The Kier molecular flexibility index (Phi) is 11.9. The molecule has 342 valence electrons. The largest absolute Gasteiger partial charge is 0.494 e. The first-order valence-electron chi connectivity index (χ1n) is 22.4. The van der Waals surface area contributed by atoms with E-state index in [0.717, 1.165) is 72.1 Å². The predicted octanol–water partition coefficient (Wildman–Crippen LogP) is 9.89. The molecule has 0 aliphatic carbocycles. The lowest BCUT2D eigenvalue weighted by Crippen LogP contribution is -2.48. The molecule has 6 heterocycles. The zero-order valence-corrected chi connectivity index (χ0v) is 40.1. The Hall–Kier alpha value is -6.31. The molecular weight excluding hydrogens is 876 g/mol. The number of nitrogens with zero attached hydrogens (tertiary/aromatic N) is 8. The van der Waals surface area contributed by atoms with E-state index in [1.807, 2.05) is 105 Å². The van der Waals surface area contributed by atoms with Crippen molar-refractivity contribution in [2.75, 3.05) is 49.1 Å². The first-order chi connectivity index (χ1) is 31.5. The molecular formula is C51H54Cl2N8O5. The standard InChI is InChI=1S/C51H54Cl2N8O5/c1-28-20-35-24-43(51(64)65)59(27-36-25-37(13-14-54-36)58-17-15-57(16-18-58)34(7)62)47(35)42(21-28)60-26-31(4)61-48-40(11-12-41(52)45(48)44-32(5)55-56(8)33(44)6)39(49(61)50(60)63)10-9-19-66-38-22-29(2)46(53)30(3)23-38/h11-14,20-25,31H,9-10,15-19,26-27H2,1-8H3,(H,64,65).